The van der Waals surface area contributed by atoms with Crippen molar-refractivity contribution >= 4 is 5.97 Å². The molecule has 3 heteroatoms. The van der Waals surface area contributed by atoms with E-state index in [1.807, 2.05) is 24.3 Å². The van der Waals surface area contributed by atoms with Gasteiger partial charge in [0, 0.05) is 0 Å². The third kappa shape index (κ3) is 4.89. The second kappa shape index (κ2) is 7.71. The molecule has 1 aromatic carbocycles. The number of unbranched alkanes of at least 4 members (excludes halogenated alkanes) is 1. The van der Waals surface area contributed by atoms with Crippen LogP contribution >= 0.6 is 0 Å². The van der Waals surface area contributed by atoms with Crippen molar-refractivity contribution in [2.24, 2.45) is 0 Å². The maximum absolute atomic E-state index is 11.2. The molecule has 0 radical (unpaired) electrons. The van der Waals surface area contributed by atoms with Crippen LogP contribution in [-0.4, -0.2) is 19.2 Å². The van der Waals surface area contributed by atoms with Crippen LogP contribution in [0.2, 0.25) is 0 Å². The molecule has 0 amide bonds. The molecular formula is C14H20O3. The van der Waals surface area contributed by atoms with Crippen LogP contribution in [0.25, 0.3) is 0 Å². The fraction of sp³-hybridized carbons (Fsp3) is 0.500. The van der Waals surface area contributed by atoms with Crippen LogP contribution in [0.4, 0.5) is 0 Å². The van der Waals surface area contributed by atoms with E-state index in [1.165, 1.54) is 0 Å². The molecule has 0 aliphatic carbocycles. The van der Waals surface area contributed by atoms with Gasteiger partial charge in [0.2, 0.25) is 0 Å². The first-order chi connectivity index (χ1) is 8.27. The van der Waals surface area contributed by atoms with E-state index < -0.39 is 0 Å². The molecule has 94 valence electrons. The Hall–Kier alpha value is -1.51. The van der Waals surface area contributed by atoms with Gasteiger partial charge < -0.3 is 9.47 Å². The summed E-state index contributed by atoms with van der Waals surface area (Å²) in [6, 6.07) is 7.83. The third-order valence-electron chi connectivity index (χ3n) is 2.42. The Labute approximate surface area is 103 Å². The summed E-state index contributed by atoms with van der Waals surface area (Å²) in [4.78, 5) is 11.2. The van der Waals surface area contributed by atoms with Crippen LogP contribution in [0.15, 0.2) is 24.3 Å². The van der Waals surface area contributed by atoms with Gasteiger partial charge in [-0.3, -0.25) is 0 Å². The Morgan fingerprint density at radius 3 is 2.71 bits per heavy atom. The molecule has 0 aliphatic heterocycles. The normalized spacial score (nSPS) is 10.0. The predicted octanol–water partition coefficient (Wildman–Crippen LogP) is 2.97. The van der Waals surface area contributed by atoms with Crippen molar-refractivity contribution in [2.45, 2.75) is 33.1 Å². The van der Waals surface area contributed by atoms with Gasteiger partial charge in [-0.1, -0.05) is 31.5 Å². The molecule has 0 saturated heterocycles. The fourth-order valence-electron chi connectivity index (χ4n) is 1.56. The minimum Gasteiger partial charge on any atom is -0.482 e. The van der Waals surface area contributed by atoms with Crippen LogP contribution in [0.5, 0.6) is 5.75 Å². The molecule has 0 spiro atoms. The molecule has 0 heterocycles. The van der Waals surface area contributed by atoms with Gasteiger partial charge in [0.15, 0.2) is 6.61 Å². The molecule has 1 aromatic rings. The molecule has 17 heavy (non-hydrogen) atoms. The van der Waals surface area contributed by atoms with Crippen molar-refractivity contribution in [3.05, 3.63) is 29.8 Å². The van der Waals surface area contributed by atoms with Gasteiger partial charge in [-0.05, 0) is 31.4 Å². The highest BCUT2D eigenvalue weighted by Gasteiger charge is 2.06. The maximum Gasteiger partial charge on any atom is 0.344 e. The molecule has 0 fully saturated rings. The molecular weight excluding hydrogens is 216 g/mol. The summed E-state index contributed by atoms with van der Waals surface area (Å²) in [5.74, 6) is 0.465. The molecule has 0 aliphatic rings. The second-order valence-corrected chi connectivity index (χ2v) is 3.80. The van der Waals surface area contributed by atoms with Crippen molar-refractivity contribution in [3.8, 4) is 5.75 Å². The van der Waals surface area contributed by atoms with E-state index >= 15 is 0 Å². The van der Waals surface area contributed by atoms with E-state index in [0.29, 0.717) is 6.61 Å². The van der Waals surface area contributed by atoms with Crippen LogP contribution in [0.3, 0.4) is 0 Å². The van der Waals surface area contributed by atoms with E-state index in [9.17, 15) is 4.79 Å². The Morgan fingerprint density at radius 1 is 1.24 bits per heavy atom. The first-order valence-corrected chi connectivity index (χ1v) is 6.14. The molecule has 0 atom stereocenters. The summed E-state index contributed by atoms with van der Waals surface area (Å²) in [7, 11) is 0. The Bertz CT molecular complexity index is 347. The number of rotatable bonds is 7. The highest BCUT2D eigenvalue weighted by molar-refractivity contribution is 5.71. The molecule has 0 N–H and O–H groups in total. The summed E-state index contributed by atoms with van der Waals surface area (Å²) in [6.07, 6.45) is 3.25. The number of carbonyl (C=O) groups is 1. The molecule has 0 unspecified atom stereocenters. The lowest BCUT2D eigenvalue weighted by Gasteiger charge is -2.10. The minimum absolute atomic E-state index is 0.0169. The second-order valence-electron chi connectivity index (χ2n) is 3.80. The van der Waals surface area contributed by atoms with Crippen LogP contribution < -0.4 is 4.74 Å². The van der Waals surface area contributed by atoms with Gasteiger partial charge in [-0.15, -0.1) is 0 Å². The Balaban J connectivity index is 2.54. The Kier molecular flexibility index (Phi) is 6.15. The van der Waals surface area contributed by atoms with E-state index in [0.717, 1.165) is 30.6 Å². The topological polar surface area (TPSA) is 35.5 Å². The largest absolute Gasteiger partial charge is 0.482 e. The van der Waals surface area contributed by atoms with E-state index in [-0.39, 0.29) is 12.6 Å². The zero-order chi connectivity index (χ0) is 12.5. The van der Waals surface area contributed by atoms with Crippen molar-refractivity contribution in [3.63, 3.8) is 0 Å². The molecule has 3 nitrogen and oxygen atoms in total. The standard InChI is InChI=1S/C14H20O3/c1-3-5-8-12-9-6-7-10-13(12)17-11-14(15)16-4-2/h6-7,9-10H,3-5,8,11H2,1-2H3. The summed E-state index contributed by atoms with van der Waals surface area (Å²) in [6.45, 7) is 4.31. The first kappa shape index (κ1) is 13.6. The van der Waals surface area contributed by atoms with E-state index in [4.69, 9.17) is 9.47 Å². The Morgan fingerprint density at radius 2 is 2.00 bits per heavy atom. The zero-order valence-electron chi connectivity index (χ0n) is 10.6. The SMILES string of the molecule is CCCCc1ccccc1OCC(=O)OCC. The number of hydrogen-bond acceptors (Lipinski definition) is 3. The number of ether oxygens (including phenoxy) is 2. The van der Waals surface area contributed by atoms with Gasteiger partial charge in [0.25, 0.3) is 0 Å². The number of aryl methyl sites for hydroxylation is 1. The lowest BCUT2D eigenvalue weighted by molar-refractivity contribution is -0.145. The predicted molar refractivity (Wildman–Crippen MR) is 67.2 cm³/mol. The lowest BCUT2D eigenvalue weighted by atomic mass is 10.1. The third-order valence-corrected chi connectivity index (χ3v) is 2.42. The van der Waals surface area contributed by atoms with Gasteiger partial charge in [-0.2, -0.15) is 0 Å². The minimum atomic E-state index is -0.321. The number of benzene rings is 1. The van der Waals surface area contributed by atoms with Crippen molar-refractivity contribution in [1.29, 1.82) is 0 Å². The summed E-state index contributed by atoms with van der Waals surface area (Å²) in [5, 5.41) is 0. The smallest absolute Gasteiger partial charge is 0.344 e. The number of esters is 1. The van der Waals surface area contributed by atoms with Crippen molar-refractivity contribution < 1.29 is 14.3 Å². The zero-order valence-corrected chi connectivity index (χ0v) is 10.6. The summed E-state index contributed by atoms with van der Waals surface area (Å²) in [5.41, 5.74) is 1.15. The number of hydrogen-bond donors (Lipinski definition) is 0. The van der Waals surface area contributed by atoms with Crippen LogP contribution in [-0.2, 0) is 16.0 Å². The van der Waals surface area contributed by atoms with Crippen LogP contribution in [0.1, 0.15) is 32.3 Å². The first-order valence-electron chi connectivity index (χ1n) is 6.14. The fourth-order valence-corrected chi connectivity index (χ4v) is 1.56. The average Bonchev–Trinajstić information content (AvgIpc) is 2.35. The quantitative estimate of drug-likeness (QED) is 0.683. The van der Waals surface area contributed by atoms with Crippen LogP contribution in [0, 0.1) is 0 Å². The highest BCUT2D eigenvalue weighted by Crippen LogP contribution is 2.19. The highest BCUT2D eigenvalue weighted by atomic mass is 16.6. The number of carbonyl (C=O) groups excluding carboxylic acids is 1. The molecule has 0 saturated carbocycles. The van der Waals surface area contributed by atoms with E-state index in [2.05, 4.69) is 6.92 Å². The molecule has 0 aromatic heterocycles. The van der Waals surface area contributed by atoms with Gasteiger partial charge in [-0.25, -0.2) is 4.79 Å². The maximum atomic E-state index is 11.2. The lowest BCUT2D eigenvalue weighted by Crippen LogP contribution is -2.15. The van der Waals surface area contributed by atoms with Crippen molar-refractivity contribution in [2.75, 3.05) is 13.2 Å². The van der Waals surface area contributed by atoms with Gasteiger partial charge in [0.05, 0.1) is 6.61 Å². The van der Waals surface area contributed by atoms with E-state index in [1.54, 1.807) is 6.92 Å². The summed E-state index contributed by atoms with van der Waals surface area (Å²) >= 11 is 0. The molecule has 1 rings (SSSR count). The monoisotopic (exact) mass is 236 g/mol. The summed E-state index contributed by atoms with van der Waals surface area (Å²) < 4.78 is 10.3. The molecule has 0 bridgehead atoms. The van der Waals surface area contributed by atoms with Gasteiger partial charge >= 0.3 is 5.97 Å². The van der Waals surface area contributed by atoms with Gasteiger partial charge in [0.1, 0.15) is 5.75 Å². The number of para-hydroxylation sites is 1. The average molecular weight is 236 g/mol. The van der Waals surface area contributed by atoms with Crippen molar-refractivity contribution in [1.82, 2.24) is 0 Å².